The third-order valence-corrected chi connectivity index (χ3v) is 6.06. The van der Waals surface area contributed by atoms with Crippen molar-refractivity contribution >= 4 is 8.07 Å². The van der Waals surface area contributed by atoms with Gasteiger partial charge in [-0.2, -0.15) is 0 Å². The Kier molecular flexibility index (Phi) is 7.28. The Bertz CT molecular complexity index is 454. The van der Waals surface area contributed by atoms with Crippen LogP contribution in [-0.4, -0.2) is 19.3 Å². The zero-order valence-corrected chi connectivity index (χ0v) is 20.1. The molecule has 1 N–H and O–H groups in total. The molecule has 2 unspecified atom stereocenters. The molecule has 0 heterocycles. The molecule has 0 aromatic rings. The molecular formula is C18H30AcOSi. The molecule has 0 aromatic heterocycles. The summed E-state index contributed by atoms with van der Waals surface area (Å²) in [7, 11) is -1.25. The number of allylic oxidation sites excluding steroid dienone is 2. The second-order valence-corrected chi connectivity index (χ2v) is 12.8. The summed E-state index contributed by atoms with van der Waals surface area (Å²) in [5.74, 6) is 4.43. The summed E-state index contributed by atoms with van der Waals surface area (Å²) in [6.07, 6.45) is 7.77. The summed E-state index contributed by atoms with van der Waals surface area (Å²) in [4.78, 5) is 0. The number of hydrogen-bond acceptors (Lipinski definition) is 1. The molecule has 21 heavy (non-hydrogen) atoms. The molecule has 2 aliphatic carbocycles. The molecule has 0 aromatic carbocycles. The molecule has 2 aliphatic rings. The first-order chi connectivity index (χ1) is 9.24. The van der Waals surface area contributed by atoms with Crippen LogP contribution in [0.25, 0.3) is 0 Å². The first-order valence-corrected chi connectivity index (χ1v) is 11.6. The molecule has 0 saturated heterocycles. The smallest absolute Gasteiger partial charge is 0.129 e. The Balaban J connectivity index is 0.00000220. The minimum atomic E-state index is -1.25. The molecule has 1 fully saturated rings. The second-order valence-electron chi connectivity index (χ2n) is 8.04. The van der Waals surface area contributed by atoms with Gasteiger partial charge in [-0.1, -0.05) is 45.1 Å². The van der Waals surface area contributed by atoms with Crippen LogP contribution in [0.4, 0.5) is 0 Å². The number of aliphatic hydroxyl groups excluding tert-OH is 1. The monoisotopic (exact) mass is 517 g/mol. The normalized spacial score (nSPS) is 33.1. The molecule has 2 rings (SSSR count). The van der Waals surface area contributed by atoms with Crippen LogP contribution in [0.15, 0.2) is 11.6 Å². The van der Waals surface area contributed by atoms with Crippen LogP contribution in [0.2, 0.25) is 19.6 Å². The number of fused-ring (bicyclic) bond motifs is 1. The van der Waals surface area contributed by atoms with E-state index in [2.05, 4.69) is 51.0 Å². The van der Waals surface area contributed by atoms with Crippen molar-refractivity contribution in [3.8, 4) is 11.5 Å². The molecular weight excluding hydrogens is 487 g/mol. The van der Waals surface area contributed by atoms with E-state index < -0.39 is 8.07 Å². The van der Waals surface area contributed by atoms with E-state index in [0.717, 1.165) is 19.3 Å². The molecule has 115 valence electrons. The van der Waals surface area contributed by atoms with Gasteiger partial charge in [0.2, 0.25) is 0 Å². The van der Waals surface area contributed by atoms with Gasteiger partial charge in [-0.05, 0) is 42.9 Å². The molecule has 3 heteroatoms. The van der Waals surface area contributed by atoms with E-state index in [9.17, 15) is 5.11 Å². The number of aliphatic hydroxyl groups is 1. The van der Waals surface area contributed by atoms with Gasteiger partial charge in [0.1, 0.15) is 8.07 Å². The van der Waals surface area contributed by atoms with Crippen LogP contribution >= 0.6 is 0 Å². The van der Waals surface area contributed by atoms with Crippen LogP contribution in [-0.2, 0) is 0 Å². The first-order valence-electron chi connectivity index (χ1n) is 8.13. The zero-order chi connectivity index (χ0) is 15.0. The minimum Gasteiger partial charge on any atom is -0.393 e. The molecule has 4 atom stereocenters. The fourth-order valence-corrected chi connectivity index (χ4v) is 4.73. The van der Waals surface area contributed by atoms with Crippen LogP contribution in [0.3, 0.4) is 0 Å². The van der Waals surface area contributed by atoms with Gasteiger partial charge in [0.05, 0.1) is 6.10 Å². The van der Waals surface area contributed by atoms with E-state index in [1.54, 1.807) is 5.57 Å². The molecule has 1 radical (unpaired) electrons. The van der Waals surface area contributed by atoms with E-state index in [1.807, 2.05) is 0 Å². The maximum Gasteiger partial charge on any atom is 0.129 e. The molecule has 0 spiro atoms. The van der Waals surface area contributed by atoms with Crippen molar-refractivity contribution < 1.29 is 49.2 Å². The summed E-state index contributed by atoms with van der Waals surface area (Å²) in [5.41, 5.74) is 5.29. The molecule has 1 nitrogen and oxygen atoms in total. The van der Waals surface area contributed by atoms with Gasteiger partial charge in [-0.25, -0.2) is 0 Å². The van der Waals surface area contributed by atoms with Gasteiger partial charge < -0.3 is 5.11 Å². The Morgan fingerprint density at radius 2 is 2.10 bits per heavy atom. The predicted molar refractivity (Wildman–Crippen MR) is 89.1 cm³/mol. The van der Waals surface area contributed by atoms with E-state index >= 15 is 0 Å². The second kappa shape index (κ2) is 7.66. The first kappa shape index (κ1) is 20.0. The minimum absolute atomic E-state index is 0. The maximum absolute atomic E-state index is 10.3. The number of rotatable bonds is 2. The fourth-order valence-electron chi connectivity index (χ4n) is 4.10. The summed E-state index contributed by atoms with van der Waals surface area (Å²) in [6, 6.07) is 0. The van der Waals surface area contributed by atoms with E-state index in [0.29, 0.717) is 11.8 Å². The third-order valence-electron chi connectivity index (χ3n) is 5.13. The van der Waals surface area contributed by atoms with Gasteiger partial charge in [-0.3, -0.25) is 0 Å². The number of hydrogen-bond donors (Lipinski definition) is 1. The van der Waals surface area contributed by atoms with Gasteiger partial charge in [-0.15, -0.1) is 11.5 Å². The van der Waals surface area contributed by atoms with Crippen molar-refractivity contribution in [3.05, 3.63) is 11.6 Å². The van der Waals surface area contributed by atoms with Crippen LogP contribution < -0.4 is 0 Å². The quantitative estimate of drug-likeness (QED) is 0.327. The average molecular weight is 518 g/mol. The standard InChI is InChI=1S/C18H30OSi.Ac/c1-14(8-7-13-20(3,4)5)15-10-11-16-17(19)9-6-12-18(15,16)2;/h10,14,16-17,19H,6,8-9,11-12H2,1-5H3;/t14-,16?,17?,18+;/m0./s1. The Morgan fingerprint density at radius 1 is 1.43 bits per heavy atom. The SMILES string of the molecule is C[C@@H](CC#C[Si](C)(C)C)C1=CCC2C(O)CCC[C@]12C.[Ac]. The predicted octanol–water partition coefficient (Wildman–Crippen LogP) is 4.39. The van der Waals surface area contributed by atoms with Crippen molar-refractivity contribution in [2.24, 2.45) is 17.3 Å². The van der Waals surface area contributed by atoms with Gasteiger partial charge in [0, 0.05) is 50.5 Å². The van der Waals surface area contributed by atoms with Gasteiger partial charge >= 0.3 is 0 Å². The van der Waals surface area contributed by atoms with E-state index in [-0.39, 0.29) is 55.6 Å². The average Bonchev–Trinajstić information content (AvgIpc) is 2.66. The molecule has 0 aliphatic heterocycles. The molecule has 0 bridgehead atoms. The summed E-state index contributed by atoms with van der Waals surface area (Å²) < 4.78 is 0. The largest absolute Gasteiger partial charge is 0.393 e. The topological polar surface area (TPSA) is 20.2 Å². The van der Waals surface area contributed by atoms with Gasteiger partial charge in [0.25, 0.3) is 0 Å². The van der Waals surface area contributed by atoms with Crippen molar-refractivity contribution in [2.45, 2.75) is 71.7 Å². The molecule has 1 saturated carbocycles. The van der Waals surface area contributed by atoms with Crippen molar-refractivity contribution in [2.75, 3.05) is 0 Å². The summed E-state index contributed by atoms with van der Waals surface area (Å²) in [5, 5.41) is 10.3. The Morgan fingerprint density at radius 3 is 2.71 bits per heavy atom. The summed E-state index contributed by atoms with van der Waals surface area (Å²) >= 11 is 0. The van der Waals surface area contributed by atoms with Crippen LogP contribution in [0, 0.1) is 72.8 Å². The Labute approximate surface area is 167 Å². The molecule has 0 amide bonds. The Hall–Kier alpha value is 0.918. The third kappa shape index (κ3) is 4.70. The zero-order valence-electron chi connectivity index (χ0n) is 14.4. The van der Waals surface area contributed by atoms with Crippen molar-refractivity contribution in [3.63, 3.8) is 0 Å². The van der Waals surface area contributed by atoms with E-state index in [4.69, 9.17) is 0 Å². The van der Waals surface area contributed by atoms with Crippen LogP contribution in [0.1, 0.15) is 46.0 Å². The van der Waals surface area contributed by atoms with Crippen molar-refractivity contribution in [1.82, 2.24) is 0 Å². The maximum atomic E-state index is 10.3. The van der Waals surface area contributed by atoms with Gasteiger partial charge in [0.15, 0.2) is 0 Å². The van der Waals surface area contributed by atoms with Crippen LogP contribution in [0.5, 0.6) is 0 Å². The van der Waals surface area contributed by atoms with E-state index in [1.165, 1.54) is 12.8 Å². The van der Waals surface area contributed by atoms with Crippen molar-refractivity contribution in [1.29, 1.82) is 0 Å². The summed E-state index contributed by atoms with van der Waals surface area (Å²) in [6.45, 7) is 11.6. The fraction of sp³-hybridized carbons (Fsp3) is 0.778.